The minimum Gasteiger partial charge on any atom is -0.337 e. The number of alkyl halides is 1. The second-order valence-corrected chi connectivity index (χ2v) is 5.80. The van der Waals surface area contributed by atoms with Crippen LogP contribution in [0.5, 0.6) is 0 Å². The van der Waals surface area contributed by atoms with Gasteiger partial charge in [-0.1, -0.05) is 0 Å². The summed E-state index contributed by atoms with van der Waals surface area (Å²) in [6.45, 7) is 1.62. The molecule has 1 fully saturated rings. The maximum absolute atomic E-state index is 12.4. The van der Waals surface area contributed by atoms with Gasteiger partial charge in [0.2, 0.25) is 0 Å². The second-order valence-electron chi connectivity index (χ2n) is 4.57. The van der Waals surface area contributed by atoms with Crippen molar-refractivity contribution in [3.63, 3.8) is 0 Å². The van der Waals surface area contributed by atoms with E-state index in [2.05, 4.69) is 20.9 Å². The number of nitrogens with zero attached hydrogens (tertiary/aromatic N) is 2. The van der Waals surface area contributed by atoms with Gasteiger partial charge in [-0.2, -0.15) is 0 Å². The van der Waals surface area contributed by atoms with Crippen molar-refractivity contribution >= 4 is 33.4 Å². The second kappa shape index (κ2) is 6.53. The van der Waals surface area contributed by atoms with Gasteiger partial charge >= 0.3 is 0 Å². The van der Waals surface area contributed by atoms with Crippen LogP contribution >= 0.6 is 27.5 Å². The number of likely N-dealkylation sites (tertiary alicyclic amines) is 1. The molecule has 2 rings (SSSR count). The van der Waals surface area contributed by atoms with Gasteiger partial charge in [0, 0.05) is 29.6 Å². The molecule has 0 bridgehead atoms. The van der Waals surface area contributed by atoms with Crippen LogP contribution < -0.4 is 0 Å². The third kappa shape index (κ3) is 3.23. The van der Waals surface area contributed by atoms with E-state index in [1.807, 2.05) is 17.0 Å². The molecule has 3 nitrogen and oxygen atoms in total. The molecule has 1 saturated heterocycles. The van der Waals surface area contributed by atoms with Crippen LogP contribution in [-0.2, 0) is 0 Å². The Morgan fingerprint density at radius 2 is 2.44 bits per heavy atom. The van der Waals surface area contributed by atoms with Crippen molar-refractivity contribution in [3.05, 3.63) is 28.5 Å². The average Bonchev–Trinajstić information content (AvgIpc) is 2.39. The molecule has 98 valence electrons. The molecule has 18 heavy (non-hydrogen) atoms. The largest absolute Gasteiger partial charge is 0.337 e. The Morgan fingerprint density at radius 1 is 1.61 bits per heavy atom. The lowest BCUT2D eigenvalue weighted by Crippen LogP contribution is -2.40. The molecule has 1 amide bonds. The molecule has 1 aliphatic heterocycles. The molecule has 1 unspecified atom stereocenters. The summed E-state index contributed by atoms with van der Waals surface area (Å²) in [7, 11) is 0. The normalized spacial score (nSPS) is 19.9. The third-order valence-electron chi connectivity index (χ3n) is 3.28. The molecule has 1 aliphatic rings. The van der Waals surface area contributed by atoms with E-state index in [1.165, 1.54) is 6.42 Å². The summed E-state index contributed by atoms with van der Waals surface area (Å²) in [5, 5.41) is 0. The summed E-state index contributed by atoms with van der Waals surface area (Å²) in [5.41, 5.74) is 0.504. The topological polar surface area (TPSA) is 33.2 Å². The van der Waals surface area contributed by atoms with E-state index in [-0.39, 0.29) is 5.91 Å². The fourth-order valence-corrected chi connectivity index (χ4v) is 3.07. The molecule has 0 radical (unpaired) electrons. The number of piperidine rings is 1. The molecule has 2 heterocycles. The van der Waals surface area contributed by atoms with Gasteiger partial charge in [-0.3, -0.25) is 4.79 Å². The number of carbonyl (C=O) groups excluding carboxylic acids is 1. The number of hydrogen-bond acceptors (Lipinski definition) is 2. The minimum absolute atomic E-state index is 0.0155. The van der Waals surface area contributed by atoms with Gasteiger partial charge in [-0.05, 0) is 53.2 Å². The highest BCUT2D eigenvalue weighted by Gasteiger charge is 2.25. The van der Waals surface area contributed by atoms with Crippen LogP contribution in [0.3, 0.4) is 0 Å². The summed E-state index contributed by atoms with van der Waals surface area (Å²) in [5.74, 6) is 1.21. The Morgan fingerprint density at radius 3 is 3.17 bits per heavy atom. The summed E-state index contributed by atoms with van der Waals surface area (Å²) in [6, 6.07) is 3.66. The van der Waals surface area contributed by atoms with Gasteiger partial charge in [0.1, 0.15) is 5.69 Å². The number of halogens is 2. The van der Waals surface area contributed by atoms with Crippen LogP contribution in [0, 0.1) is 5.92 Å². The van der Waals surface area contributed by atoms with E-state index >= 15 is 0 Å². The SMILES string of the molecule is O=C(c1ncccc1Br)N1CCCC(CCCl)C1. The number of pyridine rings is 1. The van der Waals surface area contributed by atoms with Crippen molar-refractivity contribution in [2.75, 3.05) is 19.0 Å². The van der Waals surface area contributed by atoms with Crippen molar-refractivity contribution < 1.29 is 4.79 Å². The summed E-state index contributed by atoms with van der Waals surface area (Å²) in [6.07, 6.45) is 4.85. The van der Waals surface area contributed by atoms with Gasteiger partial charge in [0.25, 0.3) is 5.91 Å². The maximum Gasteiger partial charge on any atom is 0.273 e. The highest BCUT2D eigenvalue weighted by Crippen LogP contribution is 2.23. The van der Waals surface area contributed by atoms with Gasteiger partial charge in [0.15, 0.2) is 0 Å². The molecule has 1 atom stereocenters. The standard InChI is InChI=1S/C13H16BrClN2O/c14-11-4-1-7-16-12(11)13(18)17-8-2-3-10(9-17)5-6-15/h1,4,7,10H,2-3,5-6,8-9H2. The van der Waals surface area contributed by atoms with Crippen molar-refractivity contribution in [2.45, 2.75) is 19.3 Å². The molecule has 1 aromatic rings. The molecular formula is C13H16BrClN2O. The zero-order chi connectivity index (χ0) is 13.0. The number of hydrogen-bond donors (Lipinski definition) is 0. The van der Waals surface area contributed by atoms with E-state index in [0.29, 0.717) is 17.5 Å². The Hall–Kier alpha value is -0.610. The van der Waals surface area contributed by atoms with Crippen molar-refractivity contribution in [3.8, 4) is 0 Å². The Balaban J connectivity index is 2.07. The summed E-state index contributed by atoms with van der Waals surface area (Å²) < 4.78 is 0.759. The molecule has 0 N–H and O–H groups in total. The predicted molar refractivity (Wildman–Crippen MR) is 75.9 cm³/mol. The fourth-order valence-electron chi connectivity index (χ4n) is 2.33. The van der Waals surface area contributed by atoms with Gasteiger partial charge in [-0.25, -0.2) is 4.98 Å². The fraction of sp³-hybridized carbons (Fsp3) is 0.538. The number of carbonyl (C=O) groups is 1. The zero-order valence-corrected chi connectivity index (χ0v) is 12.5. The molecule has 5 heteroatoms. The smallest absolute Gasteiger partial charge is 0.273 e. The quantitative estimate of drug-likeness (QED) is 0.796. The minimum atomic E-state index is 0.0155. The van der Waals surface area contributed by atoms with E-state index in [4.69, 9.17) is 11.6 Å². The van der Waals surface area contributed by atoms with E-state index < -0.39 is 0 Å². The molecular weight excluding hydrogens is 316 g/mol. The maximum atomic E-state index is 12.4. The highest BCUT2D eigenvalue weighted by atomic mass is 79.9. The Kier molecular flexibility index (Phi) is 5.01. The van der Waals surface area contributed by atoms with E-state index in [1.54, 1.807) is 6.20 Å². The third-order valence-corrected chi connectivity index (χ3v) is 4.14. The lowest BCUT2D eigenvalue weighted by atomic mass is 9.95. The van der Waals surface area contributed by atoms with Crippen LogP contribution in [0.15, 0.2) is 22.8 Å². The van der Waals surface area contributed by atoms with E-state index in [0.717, 1.165) is 30.4 Å². The van der Waals surface area contributed by atoms with Crippen LogP contribution in [0.2, 0.25) is 0 Å². The first-order valence-corrected chi connectivity index (χ1v) is 7.51. The van der Waals surface area contributed by atoms with Crippen molar-refractivity contribution in [2.24, 2.45) is 5.92 Å². The summed E-state index contributed by atoms with van der Waals surface area (Å²) >= 11 is 9.16. The average molecular weight is 332 g/mol. The molecule has 0 spiro atoms. The summed E-state index contributed by atoms with van der Waals surface area (Å²) in [4.78, 5) is 18.4. The lowest BCUT2D eigenvalue weighted by molar-refractivity contribution is 0.0664. The molecule has 0 aliphatic carbocycles. The van der Waals surface area contributed by atoms with Crippen LogP contribution in [-0.4, -0.2) is 34.8 Å². The van der Waals surface area contributed by atoms with Gasteiger partial charge in [0.05, 0.1) is 0 Å². The van der Waals surface area contributed by atoms with Crippen molar-refractivity contribution in [1.82, 2.24) is 9.88 Å². The first-order chi connectivity index (χ1) is 8.72. The van der Waals surface area contributed by atoms with Crippen LogP contribution in [0.4, 0.5) is 0 Å². The first-order valence-electron chi connectivity index (χ1n) is 6.18. The van der Waals surface area contributed by atoms with Gasteiger partial charge in [-0.15, -0.1) is 11.6 Å². The molecule has 0 saturated carbocycles. The first kappa shape index (κ1) is 13.8. The van der Waals surface area contributed by atoms with E-state index in [9.17, 15) is 4.79 Å². The number of amides is 1. The van der Waals surface area contributed by atoms with Crippen LogP contribution in [0.1, 0.15) is 29.8 Å². The Bertz CT molecular complexity index is 425. The van der Waals surface area contributed by atoms with Crippen LogP contribution in [0.25, 0.3) is 0 Å². The van der Waals surface area contributed by atoms with Crippen molar-refractivity contribution in [1.29, 1.82) is 0 Å². The zero-order valence-electron chi connectivity index (χ0n) is 10.1. The lowest BCUT2D eigenvalue weighted by Gasteiger charge is -2.32. The number of aromatic nitrogens is 1. The Labute approximate surface area is 121 Å². The van der Waals surface area contributed by atoms with Gasteiger partial charge < -0.3 is 4.90 Å². The monoisotopic (exact) mass is 330 g/mol. The highest BCUT2D eigenvalue weighted by molar-refractivity contribution is 9.10. The molecule has 0 aromatic carbocycles. The number of rotatable bonds is 3. The molecule has 1 aromatic heterocycles. The predicted octanol–water partition coefficient (Wildman–Crippen LogP) is 3.33.